The van der Waals surface area contributed by atoms with Gasteiger partial charge in [0.1, 0.15) is 28.1 Å². The average Bonchev–Trinajstić information content (AvgIpc) is 2.49. The second-order valence-electron chi connectivity index (χ2n) is 4.28. The van der Waals surface area contributed by atoms with E-state index in [1.807, 2.05) is 31.2 Å². The Morgan fingerprint density at radius 3 is 2.76 bits per heavy atom. The fourth-order valence-corrected chi connectivity index (χ4v) is 2.12. The number of halogens is 1. The van der Waals surface area contributed by atoms with Gasteiger partial charge in [0, 0.05) is 12.6 Å². The van der Waals surface area contributed by atoms with Gasteiger partial charge in [0.2, 0.25) is 5.88 Å². The molecule has 0 fully saturated rings. The normalized spacial score (nSPS) is 10.2. The molecule has 1 heterocycles. The first-order valence-corrected chi connectivity index (χ1v) is 7.69. The average molecular weight is 352 g/mol. The summed E-state index contributed by atoms with van der Waals surface area (Å²) >= 11 is 3.47. The summed E-state index contributed by atoms with van der Waals surface area (Å²) in [4.78, 5) is 8.35. The molecule has 0 saturated carbocycles. The molecule has 0 atom stereocenters. The van der Waals surface area contributed by atoms with Gasteiger partial charge in [-0.1, -0.05) is 13.0 Å². The minimum atomic E-state index is 0.470. The number of ether oxygens (including phenoxy) is 2. The maximum atomic E-state index is 5.80. The molecule has 0 aliphatic rings. The molecule has 6 heteroatoms. The molecule has 0 amide bonds. The topological polar surface area (TPSA) is 56.3 Å². The zero-order valence-electron chi connectivity index (χ0n) is 12.1. The van der Waals surface area contributed by atoms with Crippen molar-refractivity contribution < 1.29 is 9.47 Å². The van der Waals surface area contributed by atoms with Crippen molar-refractivity contribution in [3.05, 3.63) is 35.1 Å². The first kappa shape index (κ1) is 15.6. The number of benzene rings is 1. The highest BCUT2D eigenvalue weighted by Crippen LogP contribution is 2.32. The smallest absolute Gasteiger partial charge is 0.238 e. The van der Waals surface area contributed by atoms with Gasteiger partial charge in [0.15, 0.2) is 0 Å². The molecule has 0 radical (unpaired) electrons. The molecule has 0 saturated heterocycles. The third kappa shape index (κ3) is 4.32. The van der Waals surface area contributed by atoms with E-state index in [9.17, 15) is 0 Å². The number of rotatable bonds is 7. The van der Waals surface area contributed by atoms with Gasteiger partial charge in [-0.3, -0.25) is 0 Å². The molecule has 2 aromatic rings. The van der Waals surface area contributed by atoms with Gasteiger partial charge in [0.25, 0.3) is 0 Å². The molecule has 1 aromatic heterocycles. The van der Waals surface area contributed by atoms with E-state index in [0.29, 0.717) is 22.7 Å². The van der Waals surface area contributed by atoms with Crippen LogP contribution in [0, 0.1) is 0 Å². The number of anilines is 1. The van der Waals surface area contributed by atoms with Gasteiger partial charge >= 0.3 is 0 Å². The van der Waals surface area contributed by atoms with Crippen LogP contribution >= 0.6 is 15.9 Å². The lowest BCUT2D eigenvalue weighted by Gasteiger charge is -2.11. The third-order valence-electron chi connectivity index (χ3n) is 2.63. The first-order chi connectivity index (χ1) is 10.2. The van der Waals surface area contributed by atoms with Crippen molar-refractivity contribution in [3.8, 4) is 17.4 Å². The highest BCUT2D eigenvalue weighted by atomic mass is 79.9. The monoisotopic (exact) mass is 351 g/mol. The van der Waals surface area contributed by atoms with Crippen molar-refractivity contribution >= 4 is 21.7 Å². The molecule has 2 rings (SSSR count). The molecular formula is C15H18BrN3O2. The van der Waals surface area contributed by atoms with Crippen LogP contribution in [0.3, 0.4) is 0 Å². The summed E-state index contributed by atoms with van der Waals surface area (Å²) in [5, 5.41) is 3.22. The van der Waals surface area contributed by atoms with Gasteiger partial charge in [0.05, 0.1) is 6.61 Å². The number of nitrogens with zero attached hydrogens (tertiary/aromatic N) is 2. The van der Waals surface area contributed by atoms with Crippen LogP contribution in [0.4, 0.5) is 5.82 Å². The summed E-state index contributed by atoms with van der Waals surface area (Å²) in [5.74, 6) is 2.63. The number of aromatic nitrogens is 2. The summed E-state index contributed by atoms with van der Waals surface area (Å²) in [6.07, 6.45) is 2.49. The van der Waals surface area contributed by atoms with Crippen LogP contribution in [0.15, 0.2) is 35.1 Å². The fourth-order valence-electron chi connectivity index (χ4n) is 1.70. The molecule has 5 nitrogen and oxygen atoms in total. The number of hydrogen-bond acceptors (Lipinski definition) is 5. The van der Waals surface area contributed by atoms with Crippen molar-refractivity contribution in [1.82, 2.24) is 9.97 Å². The van der Waals surface area contributed by atoms with Gasteiger partial charge in [-0.25, -0.2) is 9.97 Å². The molecule has 0 aliphatic carbocycles. The Labute approximate surface area is 132 Å². The van der Waals surface area contributed by atoms with E-state index in [0.717, 1.165) is 24.5 Å². The zero-order valence-corrected chi connectivity index (χ0v) is 13.7. The van der Waals surface area contributed by atoms with Crippen molar-refractivity contribution in [1.29, 1.82) is 0 Å². The Balaban J connectivity index is 2.17. The van der Waals surface area contributed by atoms with Crippen LogP contribution in [0.2, 0.25) is 0 Å². The van der Waals surface area contributed by atoms with Crippen molar-refractivity contribution in [2.75, 3.05) is 18.5 Å². The standard InChI is InChI=1S/C15H18BrN3O2/c1-3-8-17-14-13(16)15(19-10-18-14)21-12-7-5-6-11(9-12)20-4-2/h5-7,9-10H,3-4,8H2,1-2H3,(H,17,18,19). The molecular weight excluding hydrogens is 334 g/mol. The van der Waals surface area contributed by atoms with Crippen LogP contribution in [0.25, 0.3) is 0 Å². The Bertz CT molecular complexity index is 593. The fraction of sp³-hybridized carbons (Fsp3) is 0.333. The highest BCUT2D eigenvalue weighted by Gasteiger charge is 2.10. The Hall–Kier alpha value is -1.82. The Morgan fingerprint density at radius 2 is 2.00 bits per heavy atom. The molecule has 0 bridgehead atoms. The van der Waals surface area contributed by atoms with Gasteiger partial charge in [-0.2, -0.15) is 0 Å². The van der Waals surface area contributed by atoms with E-state index in [1.165, 1.54) is 6.33 Å². The van der Waals surface area contributed by atoms with Crippen LogP contribution in [0.5, 0.6) is 17.4 Å². The van der Waals surface area contributed by atoms with Crippen molar-refractivity contribution in [3.63, 3.8) is 0 Å². The van der Waals surface area contributed by atoms with Crippen molar-refractivity contribution in [2.45, 2.75) is 20.3 Å². The SMILES string of the molecule is CCCNc1ncnc(Oc2cccc(OCC)c2)c1Br. The Kier molecular flexibility index (Phi) is 5.80. The van der Waals surface area contributed by atoms with E-state index in [-0.39, 0.29) is 0 Å². The zero-order chi connectivity index (χ0) is 15.1. The lowest BCUT2D eigenvalue weighted by molar-refractivity contribution is 0.338. The van der Waals surface area contributed by atoms with Crippen LogP contribution < -0.4 is 14.8 Å². The third-order valence-corrected chi connectivity index (χ3v) is 3.35. The minimum absolute atomic E-state index is 0.470. The Morgan fingerprint density at radius 1 is 1.19 bits per heavy atom. The first-order valence-electron chi connectivity index (χ1n) is 6.89. The van der Waals surface area contributed by atoms with Crippen LogP contribution in [-0.2, 0) is 0 Å². The van der Waals surface area contributed by atoms with Gasteiger partial charge < -0.3 is 14.8 Å². The summed E-state index contributed by atoms with van der Waals surface area (Å²) in [5.41, 5.74) is 0. The predicted octanol–water partition coefficient (Wildman–Crippen LogP) is 4.25. The summed E-state index contributed by atoms with van der Waals surface area (Å²) in [7, 11) is 0. The number of nitrogens with one attached hydrogen (secondary N) is 1. The molecule has 1 N–H and O–H groups in total. The number of hydrogen-bond donors (Lipinski definition) is 1. The van der Waals surface area contributed by atoms with E-state index >= 15 is 0 Å². The highest BCUT2D eigenvalue weighted by molar-refractivity contribution is 9.10. The van der Waals surface area contributed by atoms with Gasteiger partial charge in [-0.05, 0) is 41.4 Å². The largest absolute Gasteiger partial charge is 0.494 e. The van der Waals surface area contributed by atoms with E-state index in [4.69, 9.17) is 9.47 Å². The van der Waals surface area contributed by atoms with Crippen molar-refractivity contribution in [2.24, 2.45) is 0 Å². The second-order valence-corrected chi connectivity index (χ2v) is 5.07. The second kappa shape index (κ2) is 7.83. The maximum Gasteiger partial charge on any atom is 0.238 e. The predicted molar refractivity (Wildman–Crippen MR) is 86.2 cm³/mol. The van der Waals surface area contributed by atoms with E-state index in [1.54, 1.807) is 0 Å². The lowest BCUT2D eigenvalue weighted by atomic mass is 10.3. The summed E-state index contributed by atoms with van der Waals surface area (Å²) in [6, 6.07) is 7.46. The van der Waals surface area contributed by atoms with E-state index < -0.39 is 0 Å². The molecule has 0 aliphatic heterocycles. The van der Waals surface area contributed by atoms with Gasteiger partial charge in [-0.15, -0.1) is 0 Å². The lowest BCUT2D eigenvalue weighted by Crippen LogP contribution is -2.04. The minimum Gasteiger partial charge on any atom is -0.494 e. The van der Waals surface area contributed by atoms with Crippen LogP contribution in [0.1, 0.15) is 20.3 Å². The quantitative estimate of drug-likeness (QED) is 0.807. The summed E-state index contributed by atoms with van der Waals surface area (Å²) < 4.78 is 12.0. The van der Waals surface area contributed by atoms with Crippen LogP contribution in [-0.4, -0.2) is 23.1 Å². The molecule has 1 aromatic carbocycles. The molecule has 0 spiro atoms. The summed E-state index contributed by atoms with van der Waals surface area (Å²) in [6.45, 7) is 5.50. The maximum absolute atomic E-state index is 5.80. The molecule has 112 valence electrons. The molecule has 21 heavy (non-hydrogen) atoms. The molecule has 0 unspecified atom stereocenters. The van der Waals surface area contributed by atoms with E-state index in [2.05, 4.69) is 38.1 Å².